The second-order valence-electron chi connectivity index (χ2n) is 6.26. The van der Waals surface area contributed by atoms with E-state index in [1.165, 1.54) is 25.7 Å². The van der Waals surface area contributed by atoms with Gasteiger partial charge in [-0.05, 0) is 24.7 Å². The third kappa shape index (κ3) is 1.62. The monoisotopic (exact) mass is 251 g/mol. The maximum absolute atomic E-state index is 12.5. The molecular weight excluding hydrogens is 230 g/mol. The molecule has 2 aliphatic carbocycles. The number of ether oxygens (including phenoxy) is 2. The van der Waals surface area contributed by atoms with E-state index >= 15 is 0 Å². The van der Waals surface area contributed by atoms with Crippen molar-refractivity contribution in [1.82, 2.24) is 4.90 Å². The van der Waals surface area contributed by atoms with Gasteiger partial charge in [0.1, 0.15) is 0 Å². The molecule has 4 heteroatoms. The number of carbonyl (C=O) groups is 1. The number of fused-ring (bicyclic) bond motifs is 1. The molecule has 2 unspecified atom stereocenters. The minimum Gasteiger partial charge on any atom is -0.346 e. The Kier molecular flexibility index (Phi) is 2.46. The third-order valence-electron chi connectivity index (χ3n) is 5.26. The van der Waals surface area contributed by atoms with Gasteiger partial charge in [-0.1, -0.05) is 12.8 Å². The first-order valence-electron chi connectivity index (χ1n) is 7.36. The maximum atomic E-state index is 12.5. The summed E-state index contributed by atoms with van der Waals surface area (Å²) in [6.07, 6.45) is 6.03. The van der Waals surface area contributed by atoms with Gasteiger partial charge in [-0.2, -0.15) is 0 Å². The first kappa shape index (κ1) is 11.2. The predicted molar refractivity (Wildman–Crippen MR) is 64.8 cm³/mol. The lowest BCUT2D eigenvalue weighted by Crippen LogP contribution is -2.37. The summed E-state index contributed by atoms with van der Waals surface area (Å²) in [6.45, 7) is 2.82. The number of carbonyl (C=O) groups excluding carboxylic acids is 1. The molecule has 1 spiro atoms. The Balaban J connectivity index is 1.41. The smallest absolute Gasteiger partial charge is 0.226 e. The fraction of sp³-hybridized carbons (Fsp3) is 0.929. The standard InChI is InChI=1S/C14H21NO3/c16-13(12-10-3-1-2-4-11(10)12)15-6-5-14(9-15)17-7-8-18-14/h10-12H,1-9H2. The summed E-state index contributed by atoms with van der Waals surface area (Å²) < 4.78 is 11.4. The highest BCUT2D eigenvalue weighted by Gasteiger charge is 2.57. The number of hydrogen-bond donors (Lipinski definition) is 0. The first-order valence-corrected chi connectivity index (χ1v) is 7.36. The summed E-state index contributed by atoms with van der Waals surface area (Å²) in [5, 5.41) is 0. The molecule has 2 aliphatic heterocycles. The molecule has 4 nitrogen and oxygen atoms in total. The lowest BCUT2D eigenvalue weighted by molar-refractivity contribution is -0.153. The molecule has 100 valence electrons. The van der Waals surface area contributed by atoms with Crippen LogP contribution in [0.15, 0.2) is 0 Å². The molecule has 2 heterocycles. The number of hydrogen-bond acceptors (Lipinski definition) is 3. The van der Waals surface area contributed by atoms with Gasteiger partial charge in [-0.3, -0.25) is 4.79 Å². The van der Waals surface area contributed by atoms with Crippen LogP contribution in [-0.2, 0) is 14.3 Å². The van der Waals surface area contributed by atoms with E-state index in [0.29, 0.717) is 43.4 Å². The number of amides is 1. The SMILES string of the molecule is O=C(C1C2CCCCC21)N1CCC2(C1)OCCO2. The second-order valence-corrected chi connectivity index (χ2v) is 6.26. The van der Waals surface area contributed by atoms with Crippen molar-refractivity contribution >= 4 is 5.91 Å². The van der Waals surface area contributed by atoms with E-state index in [1.807, 2.05) is 4.90 Å². The summed E-state index contributed by atoms with van der Waals surface area (Å²) in [4.78, 5) is 14.5. The average Bonchev–Trinajstić information content (AvgIpc) is 2.74. The normalized spacial score (nSPS) is 41.1. The molecule has 4 rings (SSSR count). The Morgan fingerprint density at radius 1 is 1.11 bits per heavy atom. The fourth-order valence-corrected chi connectivity index (χ4v) is 4.24. The molecule has 4 fully saturated rings. The van der Waals surface area contributed by atoms with E-state index in [2.05, 4.69) is 0 Å². The van der Waals surface area contributed by atoms with Gasteiger partial charge in [0.2, 0.25) is 5.91 Å². The van der Waals surface area contributed by atoms with Crippen LogP contribution in [-0.4, -0.2) is 42.9 Å². The molecule has 0 aromatic heterocycles. The molecule has 2 atom stereocenters. The van der Waals surface area contributed by atoms with Crippen molar-refractivity contribution in [3.8, 4) is 0 Å². The van der Waals surface area contributed by atoms with Gasteiger partial charge in [-0.15, -0.1) is 0 Å². The van der Waals surface area contributed by atoms with Crippen LogP contribution in [0.4, 0.5) is 0 Å². The minimum absolute atomic E-state index is 0.337. The van der Waals surface area contributed by atoms with Gasteiger partial charge in [0.25, 0.3) is 0 Å². The zero-order chi connectivity index (χ0) is 12.2. The molecule has 0 bridgehead atoms. The van der Waals surface area contributed by atoms with Gasteiger partial charge in [-0.25, -0.2) is 0 Å². The van der Waals surface area contributed by atoms with E-state index in [-0.39, 0.29) is 0 Å². The van der Waals surface area contributed by atoms with Crippen molar-refractivity contribution in [2.75, 3.05) is 26.3 Å². The molecule has 2 saturated carbocycles. The van der Waals surface area contributed by atoms with Crippen molar-refractivity contribution in [3.63, 3.8) is 0 Å². The summed E-state index contributed by atoms with van der Waals surface area (Å²) in [5.41, 5.74) is 0. The summed E-state index contributed by atoms with van der Waals surface area (Å²) >= 11 is 0. The molecule has 1 amide bonds. The summed E-state index contributed by atoms with van der Waals surface area (Å²) in [5.74, 6) is 1.67. The van der Waals surface area contributed by atoms with Crippen LogP contribution < -0.4 is 0 Å². The van der Waals surface area contributed by atoms with Crippen LogP contribution in [0.2, 0.25) is 0 Å². The number of likely N-dealkylation sites (tertiary alicyclic amines) is 1. The Morgan fingerprint density at radius 3 is 2.44 bits per heavy atom. The van der Waals surface area contributed by atoms with Crippen molar-refractivity contribution in [1.29, 1.82) is 0 Å². The molecule has 0 aromatic rings. The molecule has 18 heavy (non-hydrogen) atoms. The van der Waals surface area contributed by atoms with Crippen LogP contribution in [0, 0.1) is 17.8 Å². The van der Waals surface area contributed by atoms with Crippen LogP contribution in [0.1, 0.15) is 32.1 Å². The Morgan fingerprint density at radius 2 is 1.78 bits per heavy atom. The zero-order valence-electron chi connectivity index (χ0n) is 10.8. The largest absolute Gasteiger partial charge is 0.346 e. The van der Waals surface area contributed by atoms with Gasteiger partial charge >= 0.3 is 0 Å². The second kappa shape index (κ2) is 3.94. The molecule has 0 radical (unpaired) electrons. The van der Waals surface area contributed by atoms with Crippen LogP contribution in [0.3, 0.4) is 0 Å². The maximum Gasteiger partial charge on any atom is 0.226 e. The highest BCUT2D eigenvalue weighted by molar-refractivity contribution is 5.82. The summed E-state index contributed by atoms with van der Waals surface area (Å²) in [6, 6.07) is 0. The van der Waals surface area contributed by atoms with Crippen molar-refractivity contribution < 1.29 is 14.3 Å². The first-order chi connectivity index (χ1) is 8.79. The zero-order valence-corrected chi connectivity index (χ0v) is 10.8. The molecule has 2 saturated heterocycles. The third-order valence-corrected chi connectivity index (χ3v) is 5.26. The Hall–Kier alpha value is -0.610. The summed E-state index contributed by atoms with van der Waals surface area (Å²) in [7, 11) is 0. The van der Waals surface area contributed by atoms with Gasteiger partial charge < -0.3 is 14.4 Å². The van der Waals surface area contributed by atoms with Gasteiger partial charge in [0.05, 0.1) is 19.8 Å². The molecule has 4 aliphatic rings. The molecular formula is C14H21NO3. The number of nitrogens with zero attached hydrogens (tertiary/aromatic N) is 1. The van der Waals surface area contributed by atoms with E-state index in [9.17, 15) is 4.79 Å². The molecule has 0 aromatic carbocycles. The van der Waals surface area contributed by atoms with Gasteiger partial charge in [0, 0.05) is 18.9 Å². The highest BCUT2D eigenvalue weighted by atomic mass is 16.7. The quantitative estimate of drug-likeness (QED) is 0.707. The van der Waals surface area contributed by atoms with E-state index < -0.39 is 5.79 Å². The van der Waals surface area contributed by atoms with Gasteiger partial charge in [0.15, 0.2) is 5.79 Å². The lowest BCUT2D eigenvalue weighted by Gasteiger charge is -2.22. The van der Waals surface area contributed by atoms with Crippen molar-refractivity contribution in [2.45, 2.75) is 37.9 Å². The van der Waals surface area contributed by atoms with E-state index in [4.69, 9.17) is 9.47 Å². The van der Waals surface area contributed by atoms with Crippen LogP contribution in [0.25, 0.3) is 0 Å². The average molecular weight is 251 g/mol. The highest BCUT2D eigenvalue weighted by Crippen LogP contribution is 2.56. The Labute approximate surface area is 108 Å². The van der Waals surface area contributed by atoms with Crippen LogP contribution >= 0.6 is 0 Å². The van der Waals surface area contributed by atoms with E-state index in [0.717, 1.165) is 13.0 Å². The fourth-order valence-electron chi connectivity index (χ4n) is 4.24. The minimum atomic E-state index is -0.449. The van der Waals surface area contributed by atoms with Crippen molar-refractivity contribution in [2.24, 2.45) is 17.8 Å². The molecule has 0 N–H and O–H groups in total. The predicted octanol–water partition coefficient (Wildman–Crippen LogP) is 1.40. The van der Waals surface area contributed by atoms with Crippen LogP contribution in [0.5, 0.6) is 0 Å². The lowest BCUT2D eigenvalue weighted by atomic mass is 10.0. The van der Waals surface area contributed by atoms with Crippen molar-refractivity contribution in [3.05, 3.63) is 0 Å². The Bertz CT molecular complexity index is 352. The topological polar surface area (TPSA) is 38.8 Å². The number of rotatable bonds is 1. The van der Waals surface area contributed by atoms with E-state index in [1.54, 1.807) is 0 Å².